The Morgan fingerprint density at radius 1 is 1.45 bits per heavy atom. The summed E-state index contributed by atoms with van der Waals surface area (Å²) in [5, 5.41) is 23.3. The molecule has 1 N–H and O–H groups in total. The van der Waals surface area contributed by atoms with Crippen molar-refractivity contribution in [3.8, 4) is 5.75 Å². The maximum atomic E-state index is 13.4. The fourth-order valence-corrected chi connectivity index (χ4v) is 4.43. The minimum absolute atomic E-state index is 0.00806. The highest BCUT2D eigenvalue weighted by Gasteiger charge is 2.53. The Hall–Kier alpha value is -1.32. The number of phenolic OH excluding ortho intramolecular Hbond substituents is 1. The van der Waals surface area contributed by atoms with E-state index >= 15 is 0 Å². The van der Waals surface area contributed by atoms with Crippen LogP contribution in [0.25, 0.3) is 0 Å². The SMILES string of the molecule is CC(C)=CC[N+]1([O-])CC[C@@]2(C)c3cc(O)ccc3CC1[C@H]2C. The Bertz CT molecular complexity index is 620. The number of rotatable bonds is 2. The van der Waals surface area contributed by atoms with Gasteiger partial charge in [0.1, 0.15) is 5.75 Å². The lowest BCUT2D eigenvalue weighted by Crippen LogP contribution is -2.65. The van der Waals surface area contributed by atoms with Crippen LogP contribution >= 0.6 is 0 Å². The molecule has 1 aliphatic heterocycles. The van der Waals surface area contributed by atoms with E-state index in [-0.39, 0.29) is 16.1 Å². The molecule has 22 heavy (non-hydrogen) atoms. The average Bonchev–Trinajstić information content (AvgIpc) is 2.46. The van der Waals surface area contributed by atoms with E-state index in [2.05, 4.69) is 33.8 Å². The molecule has 2 aliphatic rings. The van der Waals surface area contributed by atoms with Gasteiger partial charge in [0.15, 0.2) is 0 Å². The third-order valence-corrected chi connectivity index (χ3v) is 6.14. The molecule has 1 aromatic carbocycles. The molecule has 1 aromatic rings. The van der Waals surface area contributed by atoms with Crippen molar-refractivity contribution in [2.75, 3.05) is 13.1 Å². The van der Waals surface area contributed by atoms with Crippen LogP contribution < -0.4 is 0 Å². The topological polar surface area (TPSA) is 43.3 Å². The molecular formula is C19H27NO2. The zero-order valence-electron chi connectivity index (χ0n) is 14.1. The Morgan fingerprint density at radius 3 is 2.86 bits per heavy atom. The molecular weight excluding hydrogens is 274 g/mol. The molecule has 120 valence electrons. The van der Waals surface area contributed by atoms with Crippen molar-refractivity contribution in [3.05, 3.63) is 46.2 Å². The van der Waals surface area contributed by atoms with Gasteiger partial charge >= 0.3 is 0 Å². The zero-order valence-corrected chi connectivity index (χ0v) is 14.1. The van der Waals surface area contributed by atoms with Crippen LogP contribution in [0, 0.1) is 11.1 Å². The van der Waals surface area contributed by atoms with E-state index in [1.54, 1.807) is 6.07 Å². The van der Waals surface area contributed by atoms with E-state index in [4.69, 9.17) is 0 Å². The molecule has 2 bridgehead atoms. The molecule has 3 heteroatoms. The van der Waals surface area contributed by atoms with Gasteiger partial charge in [0.2, 0.25) is 0 Å². The van der Waals surface area contributed by atoms with Gasteiger partial charge in [-0.1, -0.05) is 25.5 Å². The number of likely N-dealkylation sites (tertiary alicyclic amines) is 1. The van der Waals surface area contributed by atoms with Crippen LogP contribution in [0.15, 0.2) is 29.8 Å². The summed E-state index contributed by atoms with van der Waals surface area (Å²) >= 11 is 0. The number of aromatic hydroxyl groups is 1. The molecule has 1 saturated heterocycles. The molecule has 3 rings (SSSR count). The number of hydrogen-bond donors (Lipinski definition) is 1. The second-order valence-corrected chi connectivity index (χ2v) is 7.71. The summed E-state index contributed by atoms with van der Waals surface area (Å²) in [6, 6.07) is 5.80. The minimum Gasteiger partial charge on any atom is -0.632 e. The molecule has 1 fully saturated rings. The molecule has 3 nitrogen and oxygen atoms in total. The van der Waals surface area contributed by atoms with Gasteiger partial charge < -0.3 is 15.0 Å². The molecule has 1 heterocycles. The van der Waals surface area contributed by atoms with Crippen LogP contribution in [-0.2, 0) is 11.8 Å². The lowest BCUT2D eigenvalue weighted by molar-refractivity contribution is -0.911. The van der Waals surface area contributed by atoms with Crippen LogP contribution in [0.4, 0.5) is 0 Å². The van der Waals surface area contributed by atoms with E-state index < -0.39 is 0 Å². The van der Waals surface area contributed by atoms with Crippen LogP contribution in [-0.4, -0.2) is 28.9 Å². The number of piperidine rings is 1. The standard InChI is InChI=1S/C19H27NO2/c1-13(2)7-9-20(22)10-8-19(4)14(3)18(20)11-15-5-6-16(21)12-17(15)19/h5-7,12,14,18,21H,8-11H2,1-4H3/t14-,18?,19-,20?/m1/s1. The fraction of sp³-hybridized carbons (Fsp3) is 0.579. The number of hydroxylamine groups is 3. The highest BCUT2D eigenvalue weighted by molar-refractivity contribution is 5.43. The number of hydrogen-bond acceptors (Lipinski definition) is 2. The van der Waals surface area contributed by atoms with E-state index in [0.29, 0.717) is 24.8 Å². The van der Waals surface area contributed by atoms with E-state index in [1.807, 2.05) is 12.1 Å². The van der Waals surface area contributed by atoms with Gasteiger partial charge in [-0.25, -0.2) is 0 Å². The first-order valence-corrected chi connectivity index (χ1v) is 8.30. The van der Waals surface area contributed by atoms with Crippen molar-refractivity contribution in [1.29, 1.82) is 0 Å². The van der Waals surface area contributed by atoms with Gasteiger partial charge in [0.05, 0.1) is 19.1 Å². The minimum atomic E-state index is -0.0950. The second-order valence-electron chi connectivity index (χ2n) is 7.71. The Balaban J connectivity index is 2.02. The van der Waals surface area contributed by atoms with Crippen LogP contribution in [0.3, 0.4) is 0 Å². The predicted molar refractivity (Wildman–Crippen MR) is 89.5 cm³/mol. The quantitative estimate of drug-likeness (QED) is 0.511. The summed E-state index contributed by atoms with van der Waals surface area (Å²) in [5.74, 6) is 0.669. The normalized spacial score (nSPS) is 36.6. The average molecular weight is 301 g/mol. The molecule has 0 amide bonds. The highest BCUT2D eigenvalue weighted by atomic mass is 16.5. The summed E-state index contributed by atoms with van der Waals surface area (Å²) in [7, 11) is 0. The predicted octanol–water partition coefficient (Wildman–Crippen LogP) is 3.90. The highest BCUT2D eigenvalue weighted by Crippen LogP contribution is 2.51. The molecule has 4 atom stereocenters. The van der Waals surface area contributed by atoms with Crippen LogP contribution in [0.2, 0.25) is 0 Å². The van der Waals surface area contributed by atoms with Gasteiger partial charge in [0, 0.05) is 24.2 Å². The monoisotopic (exact) mass is 301 g/mol. The van der Waals surface area contributed by atoms with Crippen molar-refractivity contribution in [2.45, 2.75) is 52.0 Å². The fourth-order valence-electron chi connectivity index (χ4n) is 4.43. The summed E-state index contributed by atoms with van der Waals surface area (Å²) < 4.78 is -0.0950. The smallest absolute Gasteiger partial charge is 0.115 e. The summed E-state index contributed by atoms with van der Waals surface area (Å²) in [6.07, 6.45) is 3.81. The van der Waals surface area contributed by atoms with Crippen LogP contribution in [0.5, 0.6) is 5.75 Å². The van der Waals surface area contributed by atoms with E-state index in [1.165, 1.54) is 16.7 Å². The van der Waals surface area contributed by atoms with Gasteiger partial charge in [0.25, 0.3) is 0 Å². The number of allylic oxidation sites excluding steroid dienone is 1. The molecule has 1 aliphatic carbocycles. The molecule has 0 saturated carbocycles. The number of nitrogens with zero attached hydrogens (tertiary/aromatic N) is 1. The summed E-state index contributed by atoms with van der Waals surface area (Å²) in [5.41, 5.74) is 3.73. The molecule has 0 radical (unpaired) electrons. The van der Waals surface area contributed by atoms with Crippen molar-refractivity contribution in [2.24, 2.45) is 5.92 Å². The van der Waals surface area contributed by atoms with Crippen molar-refractivity contribution < 1.29 is 9.75 Å². The second kappa shape index (κ2) is 5.10. The molecule has 2 unspecified atom stereocenters. The molecule has 0 spiro atoms. The number of quaternary nitrogens is 1. The lowest BCUT2D eigenvalue weighted by atomic mass is 9.59. The number of phenols is 1. The van der Waals surface area contributed by atoms with E-state index in [0.717, 1.165) is 12.8 Å². The largest absolute Gasteiger partial charge is 0.632 e. The number of fused-ring (bicyclic) bond motifs is 4. The van der Waals surface area contributed by atoms with Gasteiger partial charge in [-0.3, -0.25) is 0 Å². The van der Waals surface area contributed by atoms with Crippen molar-refractivity contribution in [3.63, 3.8) is 0 Å². The van der Waals surface area contributed by atoms with Gasteiger partial charge in [-0.15, -0.1) is 0 Å². The van der Waals surface area contributed by atoms with Gasteiger partial charge in [-0.2, -0.15) is 0 Å². The van der Waals surface area contributed by atoms with Crippen LogP contribution in [0.1, 0.15) is 45.2 Å². The first-order valence-electron chi connectivity index (χ1n) is 8.30. The molecule has 0 aromatic heterocycles. The lowest BCUT2D eigenvalue weighted by Gasteiger charge is -2.61. The first kappa shape index (κ1) is 15.6. The third-order valence-electron chi connectivity index (χ3n) is 6.14. The summed E-state index contributed by atoms with van der Waals surface area (Å²) in [4.78, 5) is 0. The van der Waals surface area contributed by atoms with E-state index in [9.17, 15) is 10.3 Å². The zero-order chi connectivity index (χ0) is 16.1. The Morgan fingerprint density at radius 2 is 2.18 bits per heavy atom. The number of benzene rings is 1. The maximum absolute atomic E-state index is 13.4. The first-order chi connectivity index (χ1) is 10.3. The van der Waals surface area contributed by atoms with Crippen molar-refractivity contribution in [1.82, 2.24) is 0 Å². The Labute approximate surface area is 133 Å². The van der Waals surface area contributed by atoms with Gasteiger partial charge in [-0.05, 0) is 43.2 Å². The third kappa shape index (κ3) is 2.27. The maximum Gasteiger partial charge on any atom is 0.115 e. The van der Waals surface area contributed by atoms with Crippen molar-refractivity contribution >= 4 is 0 Å². The Kier molecular flexibility index (Phi) is 3.61. The summed E-state index contributed by atoms with van der Waals surface area (Å²) in [6.45, 7) is 9.87.